The second kappa shape index (κ2) is 59.4. The third-order valence-electron chi connectivity index (χ3n) is 15.1. The zero-order chi connectivity index (χ0) is 50.0. The third kappa shape index (κ3) is 54.4. The number of hydrogen-bond acceptors (Lipinski definition) is 4. The molecule has 0 rings (SSSR count). The Hall–Kier alpha value is -1.17. The molecule has 0 fully saturated rings. The van der Waals surface area contributed by atoms with Crippen molar-refractivity contribution in [3.05, 3.63) is 24.3 Å². The van der Waals surface area contributed by atoms with Crippen molar-refractivity contribution in [3.8, 4) is 0 Å². The van der Waals surface area contributed by atoms with Crippen molar-refractivity contribution in [2.45, 2.75) is 372 Å². The van der Waals surface area contributed by atoms with Gasteiger partial charge in [0.05, 0.1) is 18.8 Å². The van der Waals surface area contributed by atoms with Crippen molar-refractivity contribution >= 4 is 5.91 Å². The summed E-state index contributed by atoms with van der Waals surface area (Å²) in [5.74, 6) is -0.138. The molecule has 0 saturated heterocycles. The van der Waals surface area contributed by atoms with E-state index in [1.165, 1.54) is 289 Å². The molecule has 1 amide bonds. The van der Waals surface area contributed by atoms with Gasteiger partial charge in [-0.3, -0.25) is 4.79 Å². The van der Waals surface area contributed by atoms with Gasteiger partial charge in [-0.2, -0.15) is 0 Å². The molecule has 5 nitrogen and oxygen atoms in total. The van der Waals surface area contributed by atoms with Crippen molar-refractivity contribution in [1.29, 1.82) is 0 Å². The van der Waals surface area contributed by atoms with Crippen molar-refractivity contribution in [2.24, 2.45) is 0 Å². The van der Waals surface area contributed by atoms with Crippen molar-refractivity contribution in [3.63, 3.8) is 0 Å². The number of hydrogen-bond donors (Lipinski definition) is 4. The second-order valence-electron chi connectivity index (χ2n) is 22.0. The van der Waals surface area contributed by atoms with Gasteiger partial charge in [0.25, 0.3) is 0 Å². The van der Waals surface area contributed by atoms with E-state index in [4.69, 9.17) is 0 Å². The smallest absolute Gasteiger partial charge is 0.220 e. The summed E-state index contributed by atoms with van der Waals surface area (Å²) in [6, 6.07) is -0.808. The molecular weight excluding hydrogens is 847 g/mol. The minimum absolute atomic E-state index is 0.138. The number of amides is 1. The highest BCUT2D eigenvalue weighted by molar-refractivity contribution is 5.76. The van der Waals surface area contributed by atoms with Crippen LogP contribution < -0.4 is 5.32 Å². The molecule has 0 radical (unpaired) electrons. The molecule has 0 aromatic rings. The van der Waals surface area contributed by atoms with Gasteiger partial charge in [-0.1, -0.05) is 327 Å². The molecule has 0 bridgehead atoms. The number of unbranched alkanes of at least 4 members (excludes halogenated alkanes) is 47. The van der Waals surface area contributed by atoms with Crippen LogP contribution in [0.5, 0.6) is 0 Å². The Bertz CT molecular complexity index is 1030. The Labute approximate surface area is 432 Å². The first kappa shape index (κ1) is 67.8. The summed E-state index contributed by atoms with van der Waals surface area (Å²) in [5, 5.41) is 33.9. The number of rotatable bonds is 59. The normalized spacial score (nSPS) is 13.3. The summed E-state index contributed by atoms with van der Waals surface area (Å²) < 4.78 is 0. The fraction of sp³-hybridized carbons (Fsp3) is 0.922. The fourth-order valence-electron chi connectivity index (χ4n) is 10.2. The van der Waals surface area contributed by atoms with E-state index in [1.807, 2.05) is 0 Å². The molecule has 0 aliphatic carbocycles. The van der Waals surface area contributed by atoms with Crippen LogP contribution in [0.2, 0.25) is 0 Å². The summed E-state index contributed by atoms with van der Waals surface area (Å²) >= 11 is 0. The van der Waals surface area contributed by atoms with Crippen LogP contribution in [0, 0.1) is 0 Å². The van der Waals surface area contributed by atoms with Crippen LogP contribution in [0.25, 0.3) is 0 Å². The highest BCUT2D eigenvalue weighted by Gasteiger charge is 2.26. The van der Waals surface area contributed by atoms with E-state index in [2.05, 4.69) is 43.5 Å². The first-order valence-electron chi connectivity index (χ1n) is 31.6. The Kier molecular flexibility index (Phi) is 58.4. The minimum atomic E-state index is -1.14. The lowest BCUT2D eigenvalue weighted by Crippen LogP contribution is -2.50. The molecule has 0 aromatic heterocycles. The standard InChI is InChI=1S/C64H125NO4/c1-3-5-7-9-11-13-15-17-19-21-23-25-26-27-28-29-30-31-32-33-34-35-36-37-38-39-41-43-45-47-49-51-53-55-57-59-63(68)65-61(60-66)64(69)62(67)58-56-54-52-50-48-46-44-42-40-24-22-20-18-16-14-12-10-8-6-4-2/h26-27,29-30,61-62,64,66-67,69H,3-25,28,31-60H2,1-2H3,(H,65,68)/b27-26-,30-29-. The topological polar surface area (TPSA) is 89.8 Å². The largest absolute Gasteiger partial charge is 0.394 e. The first-order valence-corrected chi connectivity index (χ1v) is 31.6. The Morgan fingerprint density at radius 3 is 0.913 bits per heavy atom. The maximum atomic E-state index is 12.5. The number of carbonyl (C=O) groups is 1. The number of nitrogens with one attached hydrogen (secondary N) is 1. The molecule has 0 aliphatic rings. The van der Waals surface area contributed by atoms with E-state index >= 15 is 0 Å². The van der Waals surface area contributed by atoms with Gasteiger partial charge >= 0.3 is 0 Å². The van der Waals surface area contributed by atoms with Gasteiger partial charge in [-0.05, 0) is 44.9 Å². The lowest BCUT2D eigenvalue weighted by atomic mass is 9.99. The maximum Gasteiger partial charge on any atom is 0.220 e. The Morgan fingerprint density at radius 2 is 0.623 bits per heavy atom. The van der Waals surface area contributed by atoms with Gasteiger partial charge in [-0.25, -0.2) is 0 Å². The van der Waals surface area contributed by atoms with Crippen LogP contribution in [0.1, 0.15) is 354 Å². The lowest BCUT2D eigenvalue weighted by molar-refractivity contribution is -0.124. The fourth-order valence-corrected chi connectivity index (χ4v) is 10.2. The molecule has 0 heterocycles. The average Bonchev–Trinajstić information content (AvgIpc) is 3.35. The zero-order valence-corrected chi connectivity index (χ0v) is 47.0. The van der Waals surface area contributed by atoms with Crippen LogP contribution in [0.4, 0.5) is 0 Å². The molecule has 0 saturated carbocycles. The number of aliphatic hydroxyl groups is 3. The number of carbonyl (C=O) groups excluding carboxylic acids is 1. The molecule has 410 valence electrons. The molecular formula is C64H125NO4. The summed E-state index contributed by atoms with van der Waals surface area (Å²) in [7, 11) is 0. The van der Waals surface area contributed by atoms with Crippen molar-refractivity contribution < 1.29 is 20.1 Å². The van der Waals surface area contributed by atoms with Crippen LogP contribution in [-0.4, -0.2) is 46.1 Å². The zero-order valence-electron chi connectivity index (χ0n) is 47.0. The van der Waals surface area contributed by atoms with Gasteiger partial charge in [0, 0.05) is 6.42 Å². The van der Waals surface area contributed by atoms with E-state index in [-0.39, 0.29) is 12.5 Å². The van der Waals surface area contributed by atoms with E-state index < -0.39 is 18.2 Å². The van der Waals surface area contributed by atoms with Gasteiger partial charge < -0.3 is 20.6 Å². The van der Waals surface area contributed by atoms with Gasteiger partial charge in [0.15, 0.2) is 0 Å². The quantitative estimate of drug-likeness (QED) is 0.0361. The number of allylic oxidation sites excluding steroid dienone is 4. The highest BCUT2D eigenvalue weighted by atomic mass is 16.3. The highest BCUT2D eigenvalue weighted by Crippen LogP contribution is 2.19. The van der Waals surface area contributed by atoms with Gasteiger partial charge in [-0.15, -0.1) is 0 Å². The summed E-state index contributed by atoms with van der Waals surface area (Å²) in [6.45, 7) is 4.22. The van der Waals surface area contributed by atoms with E-state index in [0.29, 0.717) is 12.8 Å². The molecule has 0 aliphatic heterocycles. The maximum absolute atomic E-state index is 12.5. The van der Waals surface area contributed by atoms with Crippen molar-refractivity contribution in [2.75, 3.05) is 6.61 Å². The monoisotopic (exact) mass is 972 g/mol. The first-order chi connectivity index (χ1) is 34.1. The molecule has 4 N–H and O–H groups in total. The molecule has 0 spiro atoms. The molecule has 69 heavy (non-hydrogen) atoms. The number of aliphatic hydroxyl groups excluding tert-OH is 3. The van der Waals surface area contributed by atoms with Crippen molar-refractivity contribution in [1.82, 2.24) is 5.32 Å². The molecule has 5 heteroatoms. The summed E-state index contributed by atoms with van der Waals surface area (Å²) in [6.07, 6.45) is 76.5. The van der Waals surface area contributed by atoms with E-state index in [0.717, 1.165) is 38.5 Å². The summed E-state index contributed by atoms with van der Waals surface area (Å²) in [5.41, 5.74) is 0. The van der Waals surface area contributed by atoms with E-state index in [9.17, 15) is 20.1 Å². The second-order valence-corrected chi connectivity index (χ2v) is 22.0. The van der Waals surface area contributed by atoms with Gasteiger partial charge in [0.2, 0.25) is 5.91 Å². The van der Waals surface area contributed by atoms with E-state index in [1.54, 1.807) is 0 Å². The molecule has 3 unspecified atom stereocenters. The van der Waals surface area contributed by atoms with Crippen LogP contribution in [0.15, 0.2) is 24.3 Å². The van der Waals surface area contributed by atoms with Crippen LogP contribution in [-0.2, 0) is 4.79 Å². The predicted octanol–water partition coefficient (Wildman–Crippen LogP) is 20.0. The molecule has 0 aromatic carbocycles. The third-order valence-corrected chi connectivity index (χ3v) is 15.1. The Morgan fingerprint density at radius 1 is 0.362 bits per heavy atom. The van der Waals surface area contributed by atoms with Crippen LogP contribution in [0.3, 0.4) is 0 Å². The summed E-state index contributed by atoms with van der Waals surface area (Å²) in [4.78, 5) is 12.5. The van der Waals surface area contributed by atoms with Gasteiger partial charge in [0.1, 0.15) is 6.10 Å². The average molecular weight is 973 g/mol. The SMILES string of the molecule is CCCCCCCCCCCCC/C=C\C/C=C\CCCCCCCCCCCCCCCCCCCC(=O)NC(CO)C(O)C(O)CCCCCCCCCCCCCCCCCCCCCC. The lowest BCUT2D eigenvalue weighted by Gasteiger charge is -2.26. The Balaban J connectivity index is 3.47. The minimum Gasteiger partial charge on any atom is -0.394 e. The van der Waals surface area contributed by atoms with Crippen LogP contribution >= 0.6 is 0 Å². The predicted molar refractivity (Wildman–Crippen MR) is 305 cm³/mol. The molecule has 3 atom stereocenters.